The van der Waals surface area contributed by atoms with E-state index in [2.05, 4.69) is 15.2 Å². The number of H-pyrrole nitrogens is 1. The first-order valence-corrected chi connectivity index (χ1v) is 10.8. The van der Waals surface area contributed by atoms with Gasteiger partial charge in [-0.05, 0) is 47.5 Å². The van der Waals surface area contributed by atoms with Gasteiger partial charge in [-0.2, -0.15) is 0 Å². The Bertz CT molecular complexity index is 1210. The lowest BCUT2D eigenvalue weighted by Gasteiger charge is -2.44. The van der Waals surface area contributed by atoms with Crippen molar-refractivity contribution in [2.24, 2.45) is 0 Å². The molecule has 2 aliphatic heterocycles. The van der Waals surface area contributed by atoms with Crippen molar-refractivity contribution >= 4 is 29.2 Å². The molecule has 0 bridgehead atoms. The highest BCUT2D eigenvalue weighted by molar-refractivity contribution is 6.01. The molecule has 2 aromatic carbocycles. The molecule has 164 valence electrons. The van der Waals surface area contributed by atoms with Crippen molar-refractivity contribution in [3.8, 4) is 5.75 Å². The van der Waals surface area contributed by atoms with Gasteiger partial charge < -0.3 is 15.0 Å². The molecule has 7 heteroatoms. The lowest BCUT2D eigenvalue weighted by atomic mass is 9.82. The van der Waals surface area contributed by atoms with E-state index in [-0.39, 0.29) is 11.6 Å². The van der Waals surface area contributed by atoms with Crippen LogP contribution in [0.1, 0.15) is 40.7 Å². The van der Waals surface area contributed by atoms with Gasteiger partial charge in [0.1, 0.15) is 17.2 Å². The lowest BCUT2D eigenvalue weighted by Crippen LogP contribution is -2.50. The Kier molecular flexibility index (Phi) is 5.27. The van der Waals surface area contributed by atoms with Crippen LogP contribution in [0.4, 0.5) is 4.39 Å². The molecule has 1 fully saturated rings. The number of nitrogens with one attached hydrogen (secondary N) is 2. The topological polar surface area (TPSA) is 74.4 Å². The van der Waals surface area contributed by atoms with Crippen LogP contribution < -0.4 is 10.1 Å². The van der Waals surface area contributed by atoms with Gasteiger partial charge in [0.05, 0.1) is 12.0 Å². The van der Waals surface area contributed by atoms with Crippen LogP contribution in [0, 0.1) is 5.82 Å². The molecular weight excluding hydrogens is 409 g/mol. The number of benzene rings is 2. The van der Waals surface area contributed by atoms with Gasteiger partial charge in [-0.25, -0.2) is 4.39 Å². The molecule has 6 nitrogen and oxygen atoms in total. The quantitative estimate of drug-likeness (QED) is 0.596. The molecule has 1 spiro atoms. The summed E-state index contributed by atoms with van der Waals surface area (Å²) in [5.74, 6) is 0.482. The number of ketones is 1. The largest absolute Gasteiger partial charge is 0.486 e. The number of likely N-dealkylation sites (tertiary alicyclic amines) is 1. The third-order valence-electron chi connectivity index (χ3n) is 6.44. The maximum Gasteiger partial charge on any atom is 0.211 e. The van der Waals surface area contributed by atoms with E-state index in [1.54, 1.807) is 24.3 Å². The standard InChI is InChI=1S/C25H24FN3O3/c26-19-2-3-22-20(12-19)18(14-28-22)15-29-9-6-25(7-10-29)13-23(31)21-11-17(5-8-27-16-30)1-4-24(21)32-25/h1-5,8,11-12,14,16,28H,6-7,9-10,13,15H2,(H,27,30)/b8-5+. The summed E-state index contributed by atoms with van der Waals surface area (Å²) in [6.07, 6.45) is 7.70. The summed E-state index contributed by atoms with van der Waals surface area (Å²) in [5, 5.41) is 3.38. The SMILES string of the molecule is O=CN/C=C/c1ccc2c(c1)C(=O)CC1(CCN(Cc3c[nH]c4ccc(F)cc34)CC1)O2. The second-order valence-corrected chi connectivity index (χ2v) is 8.54. The fraction of sp³-hybridized carbons (Fsp3) is 0.280. The molecule has 3 aromatic rings. The van der Waals surface area contributed by atoms with Crippen molar-refractivity contribution in [3.05, 3.63) is 71.3 Å². The van der Waals surface area contributed by atoms with Crippen LogP contribution in [-0.2, 0) is 11.3 Å². The molecule has 1 aromatic heterocycles. The highest BCUT2D eigenvalue weighted by Crippen LogP contribution is 2.40. The van der Waals surface area contributed by atoms with E-state index in [1.807, 2.05) is 18.3 Å². The average Bonchev–Trinajstić information content (AvgIpc) is 3.18. The molecule has 5 rings (SSSR count). The zero-order chi connectivity index (χ0) is 22.1. The fourth-order valence-corrected chi connectivity index (χ4v) is 4.72. The molecule has 2 aliphatic rings. The fourth-order valence-electron chi connectivity index (χ4n) is 4.72. The summed E-state index contributed by atoms with van der Waals surface area (Å²) < 4.78 is 20.1. The maximum absolute atomic E-state index is 13.7. The van der Waals surface area contributed by atoms with Crippen molar-refractivity contribution in [2.45, 2.75) is 31.4 Å². The Labute approximate surface area is 185 Å². The Morgan fingerprint density at radius 3 is 2.84 bits per heavy atom. The van der Waals surface area contributed by atoms with Crippen LogP contribution in [0.25, 0.3) is 17.0 Å². The molecule has 0 aliphatic carbocycles. The predicted molar refractivity (Wildman–Crippen MR) is 120 cm³/mol. The summed E-state index contributed by atoms with van der Waals surface area (Å²) >= 11 is 0. The number of fused-ring (bicyclic) bond motifs is 2. The summed E-state index contributed by atoms with van der Waals surface area (Å²) in [5.41, 5.74) is 2.96. The molecule has 0 unspecified atom stereocenters. The van der Waals surface area contributed by atoms with E-state index in [1.165, 1.54) is 12.3 Å². The number of ether oxygens (including phenoxy) is 1. The third-order valence-corrected chi connectivity index (χ3v) is 6.44. The second-order valence-electron chi connectivity index (χ2n) is 8.54. The van der Waals surface area contributed by atoms with Crippen molar-refractivity contribution in [1.82, 2.24) is 15.2 Å². The smallest absolute Gasteiger partial charge is 0.211 e. The molecule has 3 heterocycles. The van der Waals surface area contributed by atoms with Gasteiger partial charge in [-0.3, -0.25) is 14.5 Å². The van der Waals surface area contributed by atoms with Gasteiger partial charge in [0, 0.05) is 55.8 Å². The summed E-state index contributed by atoms with van der Waals surface area (Å²) in [6, 6.07) is 10.3. The minimum absolute atomic E-state index is 0.0883. The molecular formula is C25H24FN3O3. The average molecular weight is 433 g/mol. The number of nitrogens with zero attached hydrogens (tertiary/aromatic N) is 1. The van der Waals surface area contributed by atoms with E-state index in [0.29, 0.717) is 24.1 Å². The van der Waals surface area contributed by atoms with Gasteiger partial charge >= 0.3 is 0 Å². The van der Waals surface area contributed by atoms with Crippen LogP contribution in [0.15, 0.2) is 48.8 Å². The van der Waals surface area contributed by atoms with E-state index in [4.69, 9.17) is 4.74 Å². The van der Waals surface area contributed by atoms with Crippen LogP contribution in [0.2, 0.25) is 0 Å². The molecule has 32 heavy (non-hydrogen) atoms. The summed E-state index contributed by atoms with van der Waals surface area (Å²) in [7, 11) is 0. The van der Waals surface area contributed by atoms with Crippen LogP contribution in [0.3, 0.4) is 0 Å². The zero-order valence-corrected chi connectivity index (χ0v) is 17.6. The van der Waals surface area contributed by atoms with E-state index in [0.717, 1.165) is 54.5 Å². The molecule has 1 saturated heterocycles. The Balaban J connectivity index is 1.27. The first-order valence-electron chi connectivity index (χ1n) is 10.8. The minimum atomic E-state index is -0.469. The highest BCUT2D eigenvalue weighted by Gasteiger charge is 2.42. The molecule has 0 saturated carbocycles. The number of amides is 1. The van der Waals surface area contributed by atoms with Crippen LogP contribution in [-0.4, -0.2) is 40.8 Å². The van der Waals surface area contributed by atoms with Crippen molar-refractivity contribution in [3.63, 3.8) is 0 Å². The lowest BCUT2D eigenvalue weighted by molar-refractivity contribution is -0.108. The first kappa shape index (κ1) is 20.5. The number of hydrogen-bond donors (Lipinski definition) is 2. The van der Waals surface area contributed by atoms with Crippen molar-refractivity contribution < 1.29 is 18.7 Å². The van der Waals surface area contributed by atoms with Gasteiger partial charge in [-0.1, -0.05) is 6.07 Å². The second kappa shape index (κ2) is 8.24. The number of carbonyl (C=O) groups is 2. The number of aromatic amines is 1. The third kappa shape index (κ3) is 3.91. The first-order chi connectivity index (χ1) is 15.5. The molecule has 0 radical (unpaired) electrons. The number of piperidine rings is 1. The summed E-state index contributed by atoms with van der Waals surface area (Å²) in [4.78, 5) is 28.8. The van der Waals surface area contributed by atoms with Crippen molar-refractivity contribution in [2.75, 3.05) is 13.1 Å². The van der Waals surface area contributed by atoms with E-state index < -0.39 is 5.60 Å². The number of aromatic nitrogens is 1. The number of Topliss-reactive ketones (excluding diaryl/α,β-unsaturated/α-hetero) is 1. The Morgan fingerprint density at radius 2 is 2.03 bits per heavy atom. The van der Waals surface area contributed by atoms with Crippen LogP contribution >= 0.6 is 0 Å². The maximum atomic E-state index is 13.7. The number of hydrogen-bond acceptors (Lipinski definition) is 4. The van der Waals surface area contributed by atoms with E-state index in [9.17, 15) is 14.0 Å². The van der Waals surface area contributed by atoms with Crippen molar-refractivity contribution in [1.29, 1.82) is 0 Å². The van der Waals surface area contributed by atoms with Gasteiger partial charge in [0.2, 0.25) is 6.41 Å². The predicted octanol–water partition coefficient (Wildman–Crippen LogP) is 4.02. The zero-order valence-electron chi connectivity index (χ0n) is 17.6. The van der Waals surface area contributed by atoms with Crippen LogP contribution in [0.5, 0.6) is 5.75 Å². The van der Waals surface area contributed by atoms with Gasteiger partial charge in [0.15, 0.2) is 5.78 Å². The minimum Gasteiger partial charge on any atom is -0.486 e. The highest BCUT2D eigenvalue weighted by atomic mass is 19.1. The van der Waals surface area contributed by atoms with Gasteiger partial charge in [-0.15, -0.1) is 0 Å². The van der Waals surface area contributed by atoms with Gasteiger partial charge in [0.25, 0.3) is 0 Å². The summed E-state index contributed by atoms with van der Waals surface area (Å²) in [6.45, 7) is 2.35. The normalized spacial score (nSPS) is 18.1. The molecule has 0 atom stereocenters. The monoisotopic (exact) mass is 433 g/mol. The molecule has 1 amide bonds. The molecule has 2 N–H and O–H groups in total. The number of carbonyl (C=O) groups excluding carboxylic acids is 2. The number of rotatable bonds is 5. The Morgan fingerprint density at radius 1 is 1.19 bits per heavy atom. The number of halogens is 1. The van der Waals surface area contributed by atoms with E-state index >= 15 is 0 Å². The Hall–Kier alpha value is -3.45.